The van der Waals surface area contributed by atoms with Gasteiger partial charge in [0.15, 0.2) is 11.7 Å². The second-order valence-corrected chi connectivity index (χ2v) is 6.72. The molecular weight excluding hydrogens is 336 g/mol. The molecule has 0 aliphatic rings. The first-order valence-electron chi connectivity index (χ1n) is 8.08. The summed E-state index contributed by atoms with van der Waals surface area (Å²) >= 11 is 1.41. The van der Waals surface area contributed by atoms with Crippen LogP contribution >= 0.6 is 11.3 Å². The summed E-state index contributed by atoms with van der Waals surface area (Å²) in [7, 11) is 0. The van der Waals surface area contributed by atoms with Gasteiger partial charge in [-0.25, -0.2) is 4.98 Å². The van der Waals surface area contributed by atoms with Gasteiger partial charge in [-0.3, -0.25) is 10.1 Å². The van der Waals surface area contributed by atoms with Gasteiger partial charge in [-0.15, -0.1) is 0 Å². The highest BCUT2D eigenvalue weighted by Gasteiger charge is 2.10. The molecule has 0 radical (unpaired) electrons. The Balaban J connectivity index is 1.63. The zero-order valence-electron chi connectivity index (χ0n) is 14.5. The van der Waals surface area contributed by atoms with Crippen molar-refractivity contribution in [1.82, 2.24) is 4.98 Å². The first-order chi connectivity index (χ1) is 12.0. The molecule has 25 heavy (non-hydrogen) atoms. The van der Waals surface area contributed by atoms with Crippen LogP contribution in [0.3, 0.4) is 0 Å². The van der Waals surface area contributed by atoms with Crippen LogP contribution < -0.4 is 14.8 Å². The van der Waals surface area contributed by atoms with Gasteiger partial charge < -0.3 is 9.47 Å². The third kappa shape index (κ3) is 4.28. The second-order valence-electron chi connectivity index (χ2n) is 5.69. The lowest BCUT2D eigenvalue weighted by Crippen LogP contribution is -2.20. The van der Waals surface area contributed by atoms with Crippen molar-refractivity contribution in [2.45, 2.75) is 20.8 Å². The number of nitrogens with one attached hydrogen (secondary N) is 1. The Hall–Kier alpha value is -2.60. The number of carbonyl (C=O) groups excluding carboxylic acids is 1. The fourth-order valence-electron chi connectivity index (χ4n) is 2.47. The van der Waals surface area contributed by atoms with Crippen molar-refractivity contribution in [3.8, 4) is 11.5 Å². The molecule has 0 spiro atoms. The lowest BCUT2D eigenvalue weighted by molar-refractivity contribution is -0.118. The third-order valence-electron chi connectivity index (χ3n) is 3.61. The van der Waals surface area contributed by atoms with Crippen molar-refractivity contribution in [2.24, 2.45) is 0 Å². The van der Waals surface area contributed by atoms with Crippen LogP contribution in [0.4, 0.5) is 5.13 Å². The molecule has 1 amide bonds. The lowest BCUT2D eigenvalue weighted by Gasteiger charge is -2.09. The highest BCUT2D eigenvalue weighted by atomic mass is 32.1. The smallest absolute Gasteiger partial charge is 0.264 e. The van der Waals surface area contributed by atoms with E-state index in [-0.39, 0.29) is 12.5 Å². The lowest BCUT2D eigenvalue weighted by atomic mass is 10.1. The molecule has 6 heteroatoms. The number of hydrogen-bond donors (Lipinski definition) is 1. The molecule has 0 saturated heterocycles. The Kier molecular flexibility index (Phi) is 5.19. The fraction of sp³-hybridized carbons (Fsp3) is 0.263. The Morgan fingerprint density at radius 3 is 2.76 bits per heavy atom. The third-order valence-corrected chi connectivity index (χ3v) is 4.54. The van der Waals surface area contributed by atoms with Crippen molar-refractivity contribution in [3.63, 3.8) is 0 Å². The van der Waals surface area contributed by atoms with Crippen LogP contribution in [-0.4, -0.2) is 24.1 Å². The van der Waals surface area contributed by atoms with E-state index in [2.05, 4.69) is 10.3 Å². The number of aryl methyl sites for hydroxylation is 2. The van der Waals surface area contributed by atoms with E-state index in [0.29, 0.717) is 17.5 Å². The summed E-state index contributed by atoms with van der Waals surface area (Å²) in [5, 5.41) is 3.34. The number of anilines is 1. The number of nitrogens with zero attached hydrogens (tertiary/aromatic N) is 1. The summed E-state index contributed by atoms with van der Waals surface area (Å²) in [5.41, 5.74) is 3.01. The van der Waals surface area contributed by atoms with Crippen LogP contribution in [0.1, 0.15) is 18.1 Å². The Morgan fingerprint density at radius 2 is 2.00 bits per heavy atom. The fourth-order valence-corrected chi connectivity index (χ4v) is 3.39. The first-order valence-corrected chi connectivity index (χ1v) is 8.90. The molecule has 5 nitrogen and oxygen atoms in total. The van der Waals surface area contributed by atoms with Gasteiger partial charge in [0, 0.05) is 0 Å². The predicted octanol–water partition coefficient (Wildman–Crippen LogP) is 4.33. The molecule has 3 aromatic rings. The minimum absolute atomic E-state index is 0.0516. The van der Waals surface area contributed by atoms with Crippen LogP contribution in [0.25, 0.3) is 10.2 Å². The molecule has 1 aromatic heterocycles. The van der Waals surface area contributed by atoms with Crippen LogP contribution in [-0.2, 0) is 4.79 Å². The molecule has 2 aromatic carbocycles. The number of rotatable bonds is 6. The molecule has 0 fully saturated rings. The molecule has 1 N–H and O–H groups in total. The van der Waals surface area contributed by atoms with Gasteiger partial charge in [0.25, 0.3) is 5.91 Å². The number of thiazole rings is 1. The first kappa shape index (κ1) is 17.2. The average molecular weight is 356 g/mol. The van der Waals surface area contributed by atoms with Crippen LogP contribution in [0.2, 0.25) is 0 Å². The number of carbonyl (C=O) groups is 1. The number of ether oxygens (including phenoxy) is 2. The van der Waals surface area contributed by atoms with E-state index in [1.54, 1.807) is 0 Å². The minimum atomic E-state index is -0.232. The average Bonchev–Trinajstić information content (AvgIpc) is 2.95. The molecule has 1 heterocycles. The molecular formula is C19H20N2O3S. The van der Waals surface area contributed by atoms with Gasteiger partial charge in [0.05, 0.1) is 16.8 Å². The van der Waals surface area contributed by atoms with E-state index in [9.17, 15) is 4.79 Å². The molecule has 0 aliphatic carbocycles. The Labute approximate surface area is 150 Å². The summed E-state index contributed by atoms with van der Waals surface area (Å²) in [6, 6.07) is 11.6. The molecule has 0 atom stereocenters. The molecule has 130 valence electrons. The van der Waals surface area contributed by atoms with E-state index < -0.39 is 0 Å². The molecule has 0 bridgehead atoms. The van der Waals surface area contributed by atoms with E-state index in [1.165, 1.54) is 11.3 Å². The monoisotopic (exact) mass is 356 g/mol. The SMILES string of the molecule is CCOc1ccc2nc(NC(=O)COc3ccc(C)cc3C)sc2c1. The largest absolute Gasteiger partial charge is 0.494 e. The van der Waals surface area contributed by atoms with Gasteiger partial charge in [0.1, 0.15) is 11.5 Å². The summed E-state index contributed by atoms with van der Waals surface area (Å²) in [4.78, 5) is 16.5. The number of benzene rings is 2. The Morgan fingerprint density at radius 1 is 1.16 bits per heavy atom. The topological polar surface area (TPSA) is 60.5 Å². The van der Waals surface area contributed by atoms with Gasteiger partial charge >= 0.3 is 0 Å². The zero-order valence-corrected chi connectivity index (χ0v) is 15.3. The molecule has 0 aliphatic heterocycles. The van der Waals surface area contributed by atoms with Gasteiger partial charge in [-0.1, -0.05) is 29.0 Å². The van der Waals surface area contributed by atoms with Crippen molar-refractivity contribution in [2.75, 3.05) is 18.5 Å². The van der Waals surface area contributed by atoms with Crippen molar-refractivity contribution < 1.29 is 14.3 Å². The second kappa shape index (κ2) is 7.53. The van der Waals surface area contributed by atoms with Gasteiger partial charge in [0.2, 0.25) is 0 Å². The summed E-state index contributed by atoms with van der Waals surface area (Å²) in [6.45, 7) is 6.49. The number of hydrogen-bond acceptors (Lipinski definition) is 5. The van der Waals surface area contributed by atoms with Gasteiger partial charge in [-0.05, 0) is 50.6 Å². The van der Waals surface area contributed by atoms with E-state index in [1.807, 2.05) is 57.2 Å². The number of aromatic nitrogens is 1. The molecule has 3 rings (SSSR count). The standard InChI is InChI=1S/C19H20N2O3S/c1-4-23-14-6-7-15-17(10-14)25-19(20-15)21-18(22)11-24-16-8-5-12(2)9-13(16)3/h5-10H,4,11H2,1-3H3,(H,20,21,22). The van der Waals surface area contributed by atoms with Crippen molar-refractivity contribution >= 4 is 32.6 Å². The van der Waals surface area contributed by atoms with Crippen molar-refractivity contribution in [3.05, 3.63) is 47.5 Å². The molecule has 0 saturated carbocycles. The maximum Gasteiger partial charge on any atom is 0.264 e. The quantitative estimate of drug-likeness (QED) is 0.714. The predicted molar refractivity (Wildman–Crippen MR) is 101 cm³/mol. The summed E-state index contributed by atoms with van der Waals surface area (Å²) < 4.78 is 12.0. The number of amides is 1. The van der Waals surface area contributed by atoms with E-state index in [4.69, 9.17) is 9.47 Å². The van der Waals surface area contributed by atoms with Crippen LogP contribution in [0, 0.1) is 13.8 Å². The Bertz CT molecular complexity index is 905. The normalized spacial score (nSPS) is 10.7. The van der Waals surface area contributed by atoms with E-state index in [0.717, 1.165) is 27.1 Å². The van der Waals surface area contributed by atoms with Gasteiger partial charge in [-0.2, -0.15) is 0 Å². The molecule has 0 unspecified atom stereocenters. The highest BCUT2D eigenvalue weighted by molar-refractivity contribution is 7.22. The minimum Gasteiger partial charge on any atom is -0.494 e. The van der Waals surface area contributed by atoms with Crippen LogP contribution in [0.15, 0.2) is 36.4 Å². The van der Waals surface area contributed by atoms with Crippen molar-refractivity contribution in [1.29, 1.82) is 0 Å². The number of fused-ring (bicyclic) bond motifs is 1. The highest BCUT2D eigenvalue weighted by Crippen LogP contribution is 2.29. The maximum atomic E-state index is 12.1. The van der Waals surface area contributed by atoms with Crippen LogP contribution in [0.5, 0.6) is 11.5 Å². The summed E-state index contributed by atoms with van der Waals surface area (Å²) in [6.07, 6.45) is 0. The maximum absolute atomic E-state index is 12.1. The zero-order chi connectivity index (χ0) is 17.8. The van der Waals surface area contributed by atoms with E-state index >= 15 is 0 Å². The summed E-state index contributed by atoms with van der Waals surface area (Å²) in [5.74, 6) is 1.28.